The Morgan fingerprint density at radius 3 is 2.81 bits per heavy atom. The van der Waals surface area contributed by atoms with Gasteiger partial charge >= 0.3 is 6.18 Å². The van der Waals surface area contributed by atoms with Crippen LogP contribution in [0.2, 0.25) is 0 Å². The summed E-state index contributed by atoms with van der Waals surface area (Å²) in [5, 5.41) is 5.77. The molecule has 1 unspecified atom stereocenters. The summed E-state index contributed by atoms with van der Waals surface area (Å²) in [6.45, 7) is 3.87. The number of nitrogens with zero attached hydrogens (tertiary/aromatic N) is 2. The second-order valence-corrected chi connectivity index (χ2v) is 5.87. The summed E-state index contributed by atoms with van der Waals surface area (Å²) in [4.78, 5) is 19.8. The molecule has 1 fully saturated rings. The Bertz CT molecular complexity index is 805. The smallest absolute Gasteiger partial charge is 0.369 e. The summed E-state index contributed by atoms with van der Waals surface area (Å²) in [5.41, 5.74) is 0.733. The molecule has 1 amide bonds. The summed E-state index contributed by atoms with van der Waals surface area (Å²) >= 11 is 0. The number of pyridine rings is 2. The van der Waals surface area contributed by atoms with Gasteiger partial charge in [0.1, 0.15) is 11.8 Å². The van der Waals surface area contributed by atoms with Crippen molar-refractivity contribution >= 4 is 11.6 Å². The maximum Gasteiger partial charge on any atom is 0.433 e. The van der Waals surface area contributed by atoms with Crippen LogP contribution in [-0.2, 0) is 10.9 Å². The maximum absolute atomic E-state index is 12.7. The number of aromatic nitrogens is 2. The van der Waals surface area contributed by atoms with Crippen LogP contribution in [0, 0.1) is 6.92 Å². The van der Waals surface area contributed by atoms with Crippen molar-refractivity contribution in [2.75, 3.05) is 25.0 Å². The quantitative estimate of drug-likeness (QED) is 0.874. The highest BCUT2D eigenvalue weighted by Gasteiger charge is 2.33. The van der Waals surface area contributed by atoms with E-state index in [9.17, 15) is 18.0 Å². The van der Waals surface area contributed by atoms with Gasteiger partial charge in [-0.05, 0) is 30.7 Å². The molecule has 6 nitrogen and oxygen atoms in total. The van der Waals surface area contributed by atoms with Gasteiger partial charge in [-0.15, -0.1) is 0 Å². The maximum atomic E-state index is 12.7. The number of amides is 1. The number of rotatable bonds is 3. The Morgan fingerprint density at radius 2 is 2.15 bits per heavy atom. The summed E-state index contributed by atoms with van der Waals surface area (Å²) in [6.07, 6.45) is -2.35. The van der Waals surface area contributed by atoms with Crippen molar-refractivity contribution in [3.05, 3.63) is 53.1 Å². The highest BCUT2D eigenvalue weighted by molar-refractivity contribution is 6.04. The number of ether oxygens (including phenoxy) is 1. The Labute approximate surface area is 147 Å². The fourth-order valence-electron chi connectivity index (χ4n) is 2.66. The van der Waals surface area contributed by atoms with Crippen molar-refractivity contribution in [3.8, 4) is 0 Å². The van der Waals surface area contributed by atoms with Crippen LogP contribution in [0.4, 0.5) is 18.9 Å². The van der Waals surface area contributed by atoms with Crippen LogP contribution >= 0.6 is 0 Å². The molecule has 0 aliphatic carbocycles. The summed E-state index contributed by atoms with van der Waals surface area (Å²) < 4.78 is 43.8. The normalized spacial score (nSPS) is 17.8. The molecule has 1 aliphatic heterocycles. The fourth-order valence-corrected chi connectivity index (χ4v) is 2.66. The first-order valence-corrected chi connectivity index (χ1v) is 7.98. The van der Waals surface area contributed by atoms with Crippen molar-refractivity contribution in [1.29, 1.82) is 0 Å². The number of morpholine rings is 1. The van der Waals surface area contributed by atoms with Gasteiger partial charge in [0.15, 0.2) is 0 Å². The molecule has 1 aliphatic rings. The van der Waals surface area contributed by atoms with Gasteiger partial charge in [0.2, 0.25) is 0 Å². The molecule has 3 heterocycles. The highest BCUT2D eigenvalue weighted by atomic mass is 19.4. The average molecular weight is 366 g/mol. The Hall–Kier alpha value is -2.52. The summed E-state index contributed by atoms with van der Waals surface area (Å²) in [7, 11) is 0. The fraction of sp³-hybridized carbons (Fsp3) is 0.353. The topological polar surface area (TPSA) is 76.1 Å². The zero-order valence-corrected chi connectivity index (χ0v) is 13.9. The predicted octanol–water partition coefficient (Wildman–Crippen LogP) is 2.72. The lowest BCUT2D eigenvalue weighted by atomic mass is 10.1. The third-order valence-corrected chi connectivity index (χ3v) is 3.92. The molecule has 0 bridgehead atoms. The lowest BCUT2D eigenvalue weighted by Crippen LogP contribution is -2.34. The van der Waals surface area contributed by atoms with Crippen LogP contribution in [0.3, 0.4) is 0 Å². The molecular weight excluding hydrogens is 349 g/mol. The van der Waals surface area contributed by atoms with Crippen LogP contribution in [0.5, 0.6) is 0 Å². The second kappa shape index (κ2) is 7.38. The minimum atomic E-state index is -4.61. The zero-order chi connectivity index (χ0) is 18.7. The number of carbonyl (C=O) groups is 1. The molecule has 26 heavy (non-hydrogen) atoms. The number of hydrogen-bond donors (Lipinski definition) is 2. The van der Waals surface area contributed by atoms with Gasteiger partial charge < -0.3 is 15.4 Å². The Balaban J connectivity index is 1.74. The van der Waals surface area contributed by atoms with E-state index in [0.717, 1.165) is 24.0 Å². The van der Waals surface area contributed by atoms with Crippen molar-refractivity contribution in [3.63, 3.8) is 0 Å². The van der Waals surface area contributed by atoms with Crippen molar-refractivity contribution in [2.45, 2.75) is 19.2 Å². The number of aryl methyl sites for hydroxylation is 1. The van der Waals surface area contributed by atoms with Crippen LogP contribution in [0.1, 0.15) is 33.4 Å². The van der Waals surface area contributed by atoms with Crippen LogP contribution in [0.25, 0.3) is 0 Å². The first-order valence-electron chi connectivity index (χ1n) is 7.98. The molecule has 9 heteroatoms. The van der Waals surface area contributed by atoms with E-state index in [4.69, 9.17) is 4.74 Å². The van der Waals surface area contributed by atoms with Crippen molar-refractivity contribution in [1.82, 2.24) is 15.3 Å². The summed E-state index contributed by atoms with van der Waals surface area (Å²) in [5.74, 6) is -0.664. The lowest BCUT2D eigenvalue weighted by molar-refractivity contribution is -0.141. The van der Waals surface area contributed by atoms with E-state index in [-0.39, 0.29) is 11.7 Å². The minimum Gasteiger partial charge on any atom is -0.369 e. The molecule has 3 rings (SSSR count). The molecule has 1 saturated heterocycles. The van der Waals surface area contributed by atoms with Gasteiger partial charge in [-0.1, -0.05) is 0 Å². The predicted molar refractivity (Wildman–Crippen MR) is 87.7 cm³/mol. The number of carbonyl (C=O) groups excluding carboxylic acids is 1. The summed E-state index contributed by atoms with van der Waals surface area (Å²) in [6, 6.07) is 3.65. The highest BCUT2D eigenvalue weighted by Crippen LogP contribution is 2.28. The number of hydrogen-bond acceptors (Lipinski definition) is 5. The van der Waals surface area contributed by atoms with E-state index in [1.54, 1.807) is 6.07 Å². The van der Waals surface area contributed by atoms with Gasteiger partial charge in [0.05, 0.1) is 24.2 Å². The molecular formula is C17H17F3N4O2. The lowest BCUT2D eigenvalue weighted by Gasteiger charge is -2.24. The van der Waals surface area contributed by atoms with E-state index in [1.807, 2.05) is 6.92 Å². The first kappa shape index (κ1) is 18.3. The molecule has 2 aromatic heterocycles. The molecule has 2 aromatic rings. The number of alkyl halides is 3. The van der Waals surface area contributed by atoms with Crippen molar-refractivity contribution < 1.29 is 22.7 Å². The molecule has 0 spiro atoms. The van der Waals surface area contributed by atoms with E-state index < -0.39 is 17.8 Å². The van der Waals surface area contributed by atoms with Gasteiger partial charge in [0.25, 0.3) is 5.91 Å². The second-order valence-electron chi connectivity index (χ2n) is 5.87. The van der Waals surface area contributed by atoms with Gasteiger partial charge in [0, 0.05) is 24.8 Å². The largest absolute Gasteiger partial charge is 0.433 e. The standard InChI is InChI=1S/C17H17F3N4O2/c1-10-6-12(8-23-15(10)13-9-21-4-5-26-13)24-16(25)11-2-3-22-14(7-11)17(18,19)20/h2-3,6-8,13,21H,4-5,9H2,1H3,(H,24,25). The van der Waals surface area contributed by atoms with E-state index >= 15 is 0 Å². The molecule has 0 radical (unpaired) electrons. The number of anilines is 1. The van der Waals surface area contributed by atoms with Crippen molar-refractivity contribution in [2.24, 2.45) is 0 Å². The monoisotopic (exact) mass is 366 g/mol. The van der Waals surface area contributed by atoms with Gasteiger partial charge in [-0.25, -0.2) is 0 Å². The SMILES string of the molecule is Cc1cc(NC(=O)c2ccnc(C(F)(F)F)c2)cnc1C1CNCCO1. The molecule has 0 saturated carbocycles. The minimum absolute atomic E-state index is 0.131. The van der Waals surface area contributed by atoms with E-state index in [0.29, 0.717) is 24.9 Å². The van der Waals surface area contributed by atoms with Crippen LogP contribution in [0.15, 0.2) is 30.6 Å². The zero-order valence-electron chi connectivity index (χ0n) is 13.9. The first-order chi connectivity index (χ1) is 12.3. The Morgan fingerprint density at radius 1 is 1.35 bits per heavy atom. The third kappa shape index (κ3) is 4.17. The van der Waals surface area contributed by atoms with E-state index in [2.05, 4.69) is 20.6 Å². The number of nitrogens with one attached hydrogen (secondary N) is 2. The van der Waals surface area contributed by atoms with Gasteiger partial charge in [-0.2, -0.15) is 13.2 Å². The third-order valence-electron chi connectivity index (χ3n) is 3.92. The molecule has 1 atom stereocenters. The number of halogens is 3. The van der Waals surface area contributed by atoms with Crippen LogP contribution < -0.4 is 10.6 Å². The Kier molecular flexibility index (Phi) is 5.19. The molecule has 138 valence electrons. The van der Waals surface area contributed by atoms with E-state index in [1.165, 1.54) is 12.3 Å². The molecule has 2 N–H and O–H groups in total. The average Bonchev–Trinajstić information content (AvgIpc) is 2.62. The van der Waals surface area contributed by atoms with Gasteiger partial charge in [-0.3, -0.25) is 14.8 Å². The molecule has 0 aromatic carbocycles. The van der Waals surface area contributed by atoms with Crippen LogP contribution in [-0.4, -0.2) is 35.6 Å².